The summed E-state index contributed by atoms with van der Waals surface area (Å²) in [6.45, 7) is 3.88. The third kappa shape index (κ3) is 3.24. The van der Waals surface area contributed by atoms with E-state index in [1.165, 1.54) is 11.1 Å². The Hall–Kier alpha value is -2.76. The van der Waals surface area contributed by atoms with Gasteiger partial charge in [-0.25, -0.2) is 9.50 Å². The summed E-state index contributed by atoms with van der Waals surface area (Å²) in [6, 6.07) is 10.6. The van der Waals surface area contributed by atoms with Gasteiger partial charge >= 0.3 is 0 Å². The molecule has 0 unspecified atom stereocenters. The van der Waals surface area contributed by atoms with Crippen LogP contribution in [0.25, 0.3) is 5.78 Å². The number of fused-ring (bicyclic) bond motifs is 2. The van der Waals surface area contributed by atoms with E-state index in [9.17, 15) is 4.79 Å². The Bertz CT molecular complexity index is 946. The lowest BCUT2D eigenvalue weighted by Gasteiger charge is -2.25. The van der Waals surface area contributed by atoms with Crippen LogP contribution in [0.3, 0.4) is 0 Å². The topological polar surface area (TPSA) is 72.2 Å². The van der Waals surface area contributed by atoms with Gasteiger partial charge in [0.2, 0.25) is 5.91 Å². The predicted molar refractivity (Wildman–Crippen MR) is 94.4 cm³/mol. The molecule has 25 heavy (non-hydrogen) atoms. The molecule has 1 aromatic carbocycles. The summed E-state index contributed by atoms with van der Waals surface area (Å²) in [5.74, 6) is 1.02. The second kappa shape index (κ2) is 6.27. The maximum Gasteiger partial charge on any atom is 0.252 e. The van der Waals surface area contributed by atoms with Crippen LogP contribution in [-0.2, 0) is 24.1 Å². The number of aromatic nitrogens is 4. The molecule has 0 radical (unpaired) electrons. The van der Waals surface area contributed by atoms with Crippen LogP contribution in [0.5, 0.6) is 0 Å². The number of hydrogen-bond donors (Lipinski definition) is 1. The molecule has 1 aliphatic rings. The van der Waals surface area contributed by atoms with Gasteiger partial charge in [0.05, 0.1) is 6.42 Å². The van der Waals surface area contributed by atoms with Crippen LogP contribution < -0.4 is 5.32 Å². The van der Waals surface area contributed by atoms with E-state index in [1.54, 1.807) is 4.52 Å². The first-order valence-electron chi connectivity index (χ1n) is 8.64. The van der Waals surface area contributed by atoms with E-state index >= 15 is 0 Å². The first kappa shape index (κ1) is 15.7. The highest BCUT2D eigenvalue weighted by atomic mass is 16.1. The van der Waals surface area contributed by atoms with Crippen molar-refractivity contribution in [3.8, 4) is 0 Å². The molecular weight excluding hydrogens is 314 g/mol. The molecule has 1 atom stereocenters. The van der Waals surface area contributed by atoms with Crippen LogP contribution in [0.2, 0.25) is 0 Å². The standard InChI is InChI=1S/C19H21N5O/c1-12-9-13(2)24-19(20-12)22-17(23-24)11-18(25)21-16-8-7-14-5-3-4-6-15(14)10-16/h3-6,9,16H,7-8,10-11H2,1-2H3,(H,21,25)/t16-/m0/s1. The van der Waals surface area contributed by atoms with E-state index in [1.807, 2.05) is 19.9 Å². The van der Waals surface area contributed by atoms with Gasteiger partial charge in [-0.1, -0.05) is 24.3 Å². The normalized spacial score (nSPS) is 16.6. The minimum absolute atomic E-state index is 0.0327. The van der Waals surface area contributed by atoms with Gasteiger partial charge in [-0.3, -0.25) is 4.79 Å². The zero-order valence-electron chi connectivity index (χ0n) is 14.5. The van der Waals surface area contributed by atoms with Gasteiger partial charge in [0.1, 0.15) is 0 Å². The fourth-order valence-corrected chi connectivity index (χ4v) is 3.53. The Balaban J connectivity index is 1.44. The third-order valence-electron chi connectivity index (χ3n) is 4.69. The van der Waals surface area contributed by atoms with E-state index in [0.29, 0.717) is 11.6 Å². The summed E-state index contributed by atoms with van der Waals surface area (Å²) < 4.78 is 1.69. The van der Waals surface area contributed by atoms with Gasteiger partial charge < -0.3 is 5.32 Å². The van der Waals surface area contributed by atoms with Crippen molar-refractivity contribution in [2.24, 2.45) is 0 Å². The summed E-state index contributed by atoms with van der Waals surface area (Å²) >= 11 is 0. The molecule has 128 valence electrons. The summed E-state index contributed by atoms with van der Waals surface area (Å²) in [5, 5.41) is 7.53. The van der Waals surface area contributed by atoms with Crippen molar-refractivity contribution < 1.29 is 4.79 Å². The van der Waals surface area contributed by atoms with Crippen molar-refractivity contribution in [2.75, 3.05) is 0 Å². The molecule has 0 spiro atoms. The lowest BCUT2D eigenvalue weighted by Crippen LogP contribution is -2.39. The molecule has 1 N–H and O–H groups in total. The van der Waals surface area contributed by atoms with Crippen LogP contribution in [0.1, 0.15) is 34.8 Å². The smallest absolute Gasteiger partial charge is 0.252 e. The highest BCUT2D eigenvalue weighted by Crippen LogP contribution is 2.21. The maximum atomic E-state index is 12.4. The molecule has 4 rings (SSSR count). The third-order valence-corrected chi connectivity index (χ3v) is 4.69. The summed E-state index contributed by atoms with van der Waals surface area (Å²) in [5.41, 5.74) is 4.59. The van der Waals surface area contributed by atoms with Gasteiger partial charge in [0.25, 0.3) is 5.78 Å². The first-order valence-corrected chi connectivity index (χ1v) is 8.64. The number of amides is 1. The van der Waals surface area contributed by atoms with Gasteiger partial charge in [-0.2, -0.15) is 4.98 Å². The van der Waals surface area contributed by atoms with Crippen LogP contribution in [0.4, 0.5) is 0 Å². The summed E-state index contributed by atoms with van der Waals surface area (Å²) in [6.07, 6.45) is 3.05. The zero-order chi connectivity index (χ0) is 17.4. The van der Waals surface area contributed by atoms with Crippen molar-refractivity contribution in [2.45, 2.75) is 45.6 Å². The molecule has 0 aliphatic heterocycles. The first-order chi connectivity index (χ1) is 12.1. The monoisotopic (exact) mass is 335 g/mol. The molecule has 1 amide bonds. The number of benzene rings is 1. The second-order valence-electron chi connectivity index (χ2n) is 6.73. The van der Waals surface area contributed by atoms with Crippen molar-refractivity contribution in [3.63, 3.8) is 0 Å². The fraction of sp³-hybridized carbons (Fsp3) is 0.368. The number of nitrogens with one attached hydrogen (secondary N) is 1. The lowest BCUT2D eigenvalue weighted by atomic mass is 9.88. The number of hydrogen-bond acceptors (Lipinski definition) is 4. The van der Waals surface area contributed by atoms with Gasteiger partial charge in [0.15, 0.2) is 5.82 Å². The Morgan fingerprint density at radius 2 is 2.04 bits per heavy atom. The van der Waals surface area contributed by atoms with Crippen molar-refractivity contribution in [3.05, 3.63) is 58.7 Å². The van der Waals surface area contributed by atoms with Crippen molar-refractivity contribution in [1.82, 2.24) is 24.9 Å². The Morgan fingerprint density at radius 3 is 2.88 bits per heavy atom. The van der Waals surface area contributed by atoms with Gasteiger partial charge in [-0.15, -0.1) is 5.10 Å². The highest BCUT2D eigenvalue weighted by molar-refractivity contribution is 5.78. The molecule has 3 aromatic rings. The molecule has 0 bridgehead atoms. The minimum Gasteiger partial charge on any atom is -0.353 e. The number of rotatable bonds is 3. The SMILES string of the molecule is Cc1cc(C)n2nc(CC(=O)N[C@H]3CCc4ccccc4C3)nc2n1. The van der Waals surface area contributed by atoms with Crippen LogP contribution in [0, 0.1) is 13.8 Å². The molecule has 6 heteroatoms. The largest absolute Gasteiger partial charge is 0.353 e. The fourth-order valence-electron chi connectivity index (χ4n) is 3.53. The minimum atomic E-state index is -0.0327. The molecule has 2 aromatic heterocycles. The highest BCUT2D eigenvalue weighted by Gasteiger charge is 2.20. The zero-order valence-corrected chi connectivity index (χ0v) is 14.5. The van der Waals surface area contributed by atoms with Crippen LogP contribution in [0.15, 0.2) is 30.3 Å². The number of nitrogens with zero attached hydrogens (tertiary/aromatic N) is 4. The molecule has 0 fully saturated rings. The quantitative estimate of drug-likeness (QED) is 0.794. The molecule has 0 saturated heterocycles. The van der Waals surface area contributed by atoms with Crippen LogP contribution in [-0.4, -0.2) is 31.5 Å². The predicted octanol–water partition coefficient (Wildman–Crippen LogP) is 1.96. The van der Waals surface area contributed by atoms with Crippen LogP contribution >= 0.6 is 0 Å². The molecular formula is C19H21N5O. The lowest BCUT2D eigenvalue weighted by molar-refractivity contribution is -0.121. The average Bonchev–Trinajstić information content (AvgIpc) is 2.97. The number of carbonyl (C=O) groups is 1. The Kier molecular flexibility index (Phi) is 3.95. The van der Waals surface area contributed by atoms with E-state index in [4.69, 9.17) is 0 Å². The van der Waals surface area contributed by atoms with Gasteiger partial charge in [-0.05, 0) is 50.3 Å². The van der Waals surface area contributed by atoms with E-state index in [0.717, 1.165) is 30.7 Å². The summed E-state index contributed by atoms with van der Waals surface area (Å²) in [4.78, 5) is 21.1. The average molecular weight is 335 g/mol. The molecule has 0 saturated carbocycles. The molecule has 2 heterocycles. The Labute approximate surface area is 146 Å². The molecule has 6 nitrogen and oxygen atoms in total. The maximum absolute atomic E-state index is 12.4. The number of aryl methyl sites for hydroxylation is 3. The second-order valence-corrected chi connectivity index (χ2v) is 6.73. The van der Waals surface area contributed by atoms with E-state index in [-0.39, 0.29) is 18.4 Å². The van der Waals surface area contributed by atoms with E-state index in [2.05, 4.69) is 44.6 Å². The van der Waals surface area contributed by atoms with Gasteiger partial charge in [0, 0.05) is 17.4 Å². The summed E-state index contributed by atoms with van der Waals surface area (Å²) in [7, 11) is 0. The number of carbonyl (C=O) groups excluding carboxylic acids is 1. The van der Waals surface area contributed by atoms with E-state index < -0.39 is 0 Å². The Morgan fingerprint density at radius 1 is 1.24 bits per heavy atom. The van der Waals surface area contributed by atoms with Crippen molar-refractivity contribution >= 4 is 11.7 Å². The molecule has 1 aliphatic carbocycles. The van der Waals surface area contributed by atoms with Crippen molar-refractivity contribution in [1.29, 1.82) is 0 Å².